The van der Waals surface area contributed by atoms with Crippen molar-refractivity contribution in [3.8, 4) is 11.3 Å². The Hall–Kier alpha value is -4.64. The second-order valence-corrected chi connectivity index (χ2v) is 13.8. The highest BCUT2D eigenvalue weighted by Crippen LogP contribution is 2.34. The third-order valence-electron chi connectivity index (χ3n) is 8.79. The number of aromatic nitrogens is 2. The van der Waals surface area contributed by atoms with Gasteiger partial charge >= 0.3 is 6.09 Å². The van der Waals surface area contributed by atoms with Gasteiger partial charge in [0.15, 0.2) is 15.5 Å². The van der Waals surface area contributed by atoms with Crippen LogP contribution in [0.1, 0.15) is 34.9 Å². The van der Waals surface area contributed by atoms with Gasteiger partial charge in [0.2, 0.25) is 0 Å². The molecule has 10 nitrogen and oxygen atoms in total. The van der Waals surface area contributed by atoms with E-state index in [2.05, 4.69) is 9.47 Å². The maximum Gasteiger partial charge on any atom is 0.407 e. The van der Waals surface area contributed by atoms with E-state index in [0.29, 0.717) is 23.6 Å². The maximum atomic E-state index is 14.4. The molecule has 0 bridgehead atoms. The topological polar surface area (TPSA) is 116 Å². The molecule has 3 heterocycles. The van der Waals surface area contributed by atoms with Crippen molar-refractivity contribution in [1.82, 2.24) is 19.4 Å². The van der Waals surface area contributed by atoms with Crippen molar-refractivity contribution in [3.63, 3.8) is 0 Å². The summed E-state index contributed by atoms with van der Waals surface area (Å²) >= 11 is 0. The number of anilines is 1. The molecule has 11 heteroatoms. The van der Waals surface area contributed by atoms with Gasteiger partial charge in [0.25, 0.3) is 5.91 Å². The minimum Gasteiger partial charge on any atom is -0.465 e. The Morgan fingerprint density at radius 1 is 0.889 bits per heavy atom. The molecule has 0 spiro atoms. The maximum absolute atomic E-state index is 14.4. The molecule has 45 heavy (non-hydrogen) atoms. The van der Waals surface area contributed by atoms with Gasteiger partial charge in [-0.25, -0.2) is 18.2 Å². The molecule has 0 radical (unpaired) electrons. The number of piperidine rings is 1. The summed E-state index contributed by atoms with van der Waals surface area (Å²) in [6.07, 6.45) is 4.34. The molecule has 2 aliphatic heterocycles. The molecule has 1 N–H and O–H groups in total. The smallest absolute Gasteiger partial charge is 0.407 e. The lowest BCUT2D eigenvalue weighted by molar-refractivity contribution is 0.0447. The van der Waals surface area contributed by atoms with Crippen LogP contribution in [0, 0.1) is 0 Å². The number of nitrogens with zero attached hydrogens (tertiary/aromatic N) is 5. The number of imidazole rings is 1. The molecule has 3 aromatic carbocycles. The highest BCUT2D eigenvalue weighted by Gasteiger charge is 2.36. The average molecular weight is 628 g/mol. The summed E-state index contributed by atoms with van der Waals surface area (Å²) in [5.74, 6) is -0.206. The molecule has 6 rings (SSSR count). The quantitative estimate of drug-likeness (QED) is 0.312. The van der Waals surface area contributed by atoms with Crippen LogP contribution in [0.5, 0.6) is 0 Å². The molecule has 2 fully saturated rings. The number of carboxylic acid groups (broad SMARTS) is 1. The second kappa shape index (κ2) is 12.8. The monoisotopic (exact) mass is 627 g/mol. The van der Waals surface area contributed by atoms with Gasteiger partial charge in [0, 0.05) is 50.2 Å². The molecule has 0 aliphatic carbocycles. The minimum atomic E-state index is -3.28. The van der Waals surface area contributed by atoms with Gasteiger partial charge in [-0.1, -0.05) is 60.7 Å². The van der Waals surface area contributed by atoms with Crippen molar-refractivity contribution in [2.24, 2.45) is 0 Å². The number of rotatable bonds is 7. The van der Waals surface area contributed by atoms with Crippen molar-refractivity contribution in [3.05, 3.63) is 103 Å². The SMILES string of the molecule is CS(=O)(=O)c1ccc(N2CCCC(n3cnc(C(=O)N4CCN(C(=O)O)C[C@H]4Cc4ccccc4)c3-c3ccccc3)C2)cc1. The summed E-state index contributed by atoms with van der Waals surface area (Å²) in [4.78, 5) is 36.7. The number of carbonyl (C=O) groups is 2. The zero-order valence-electron chi connectivity index (χ0n) is 25.2. The highest BCUT2D eigenvalue weighted by atomic mass is 32.2. The predicted molar refractivity (Wildman–Crippen MR) is 172 cm³/mol. The molecule has 1 aromatic heterocycles. The van der Waals surface area contributed by atoms with E-state index in [1.165, 1.54) is 11.2 Å². The first-order valence-corrected chi connectivity index (χ1v) is 17.1. The summed E-state index contributed by atoms with van der Waals surface area (Å²) in [5.41, 5.74) is 3.98. The number of sulfone groups is 1. The summed E-state index contributed by atoms with van der Waals surface area (Å²) in [6.45, 7) is 2.27. The molecule has 2 atom stereocenters. The van der Waals surface area contributed by atoms with Crippen LogP contribution in [-0.4, -0.2) is 89.9 Å². The lowest BCUT2D eigenvalue weighted by Gasteiger charge is -2.40. The first kappa shape index (κ1) is 30.4. The van der Waals surface area contributed by atoms with Crippen LogP contribution in [-0.2, 0) is 16.3 Å². The third kappa shape index (κ3) is 6.58. The highest BCUT2D eigenvalue weighted by molar-refractivity contribution is 7.90. The van der Waals surface area contributed by atoms with Crippen LogP contribution in [0.15, 0.2) is 96.2 Å². The van der Waals surface area contributed by atoms with E-state index in [-0.39, 0.29) is 37.6 Å². The molecule has 1 unspecified atom stereocenters. The lowest BCUT2D eigenvalue weighted by Crippen LogP contribution is -2.57. The Labute approximate surface area is 263 Å². The first-order chi connectivity index (χ1) is 21.7. The molecular formula is C34H37N5O5S. The van der Waals surface area contributed by atoms with Gasteiger partial charge in [0.1, 0.15) is 0 Å². The van der Waals surface area contributed by atoms with Crippen LogP contribution in [0.4, 0.5) is 10.5 Å². The van der Waals surface area contributed by atoms with E-state index in [4.69, 9.17) is 4.98 Å². The van der Waals surface area contributed by atoms with Crippen LogP contribution in [0.2, 0.25) is 0 Å². The second-order valence-electron chi connectivity index (χ2n) is 11.8. The summed E-state index contributed by atoms with van der Waals surface area (Å²) in [7, 11) is -3.28. The summed E-state index contributed by atoms with van der Waals surface area (Å²) in [6, 6.07) is 26.3. The van der Waals surface area contributed by atoms with Crippen molar-refractivity contribution in [2.45, 2.75) is 36.2 Å². The van der Waals surface area contributed by atoms with E-state index in [9.17, 15) is 23.1 Å². The fraction of sp³-hybridized carbons (Fsp3) is 0.324. The molecule has 4 aromatic rings. The number of hydrogen-bond acceptors (Lipinski definition) is 6. The number of piperazine rings is 1. The van der Waals surface area contributed by atoms with Gasteiger partial charge in [-0.2, -0.15) is 0 Å². The van der Waals surface area contributed by atoms with E-state index in [0.717, 1.165) is 41.9 Å². The van der Waals surface area contributed by atoms with Gasteiger partial charge in [0.05, 0.1) is 29.0 Å². The Morgan fingerprint density at radius 3 is 2.24 bits per heavy atom. The van der Waals surface area contributed by atoms with Crippen LogP contribution in [0.25, 0.3) is 11.3 Å². The fourth-order valence-electron chi connectivity index (χ4n) is 6.49. The number of hydrogen-bond donors (Lipinski definition) is 1. The van der Waals surface area contributed by atoms with E-state index >= 15 is 0 Å². The average Bonchev–Trinajstić information content (AvgIpc) is 3.50. The Morgan fingerprint density at radius 2 is 1.58 bits per heavy atom. The number of amides is 2. The Bertz CT molecular complexity index is 1760. The molecule has 234 valence electrons. The molecule has 2 amide bonds. The van der Waals surface area contributed by atoms with Crippen molar-refractivity contribution < 1.29 is 23.1 Å². The zero-order valence-corrected chi connectivity index (χ0v) is 26.0. The molecular weight excluding hydrogens is 590 g/mol. The third-order valence-corrected chi connectivity index (χ3v) is 9.92. The normalized spacial score (nSPS) is 19.0. The van der Waals surface area contributed by atoms with Crippen molar-refractivity contribution in [2.75, 3.05) is 43.9 Å². The first-order valence-electron chi connectivity index (χ1n) is 15.2. The summed E-state index contributed by atoms with van der Waals surface area (Å²) in [5, 5.41) is 9.73. The zero-order chi connectivity index (χ0) is 31.6. The van der Waals surface area contributed by atoms with Crippen LogP contribution >= 0.6 is 0 Å². The van der Waals surface area contributed by atoms with Gasteiger partial charge in [-0.05, 0) is 49.1 Å². The van der Waals surface area contributed by atoms with E-state index in [1.807, 2.05) is 72.8 Å². The number of carbonyl (C=O) groups excluding carboxylic acids is 1. The van der Waals surface area contributed by atoms with Crippen molar-refractivity contribution in [1.29, 1.82) is 0 Å². The largest absolute Gasteiger partial charge is 0.465 e. The standard InChI is InChI=1S/C34H37N5O5S/c1-45(43,44)30-16-14-27(15-17-30)36-18-8-13-28(22-36)39-24-35-31(32(39)26-11-6-3-7-12-26)33(40)38-20-19-37(34(41)42)23-29(38)21-25-9-4-2-5-10-25/h2-7,9-12,14-17,24,28-29H,8,13,18-23H2,1H3,(H,41,42)/t28?,29-/m1/s1. The van der Waals surface area contributed by atoms with Gasteiger partial charge in [-0.3, -0.25) is 4.79 Å². The predicted octanol–water partition coefficient (Wildman–Crippen LogP) is 4.84. The van der Waals surface area contributed by atoms with E-state index in [1.54, 1.807) is 23.4 Å². The molecule has 2 saturated heterocycles. The lowest BCUT2D eigenvalue weighted by atomic mass is 10.00. The minimum absolute atomic E-state index is 0.0292. The van der Waals surface area contributed by atoms with Crippen LogP contribution in [0.3, 0.4) is 0 Å². The fourth-order valence-corrected chi connectivity index (χ4v) is 7.12. The van der Waals surface area contributed by atoms with Gasteiger partial charge in [-0.15, -0.1) is 0 Å². The van der Waals surface area contributed by atoms with Crippen molar-refractivity contribution >= 4 is 27.5 Å². The molecule has 0 saturated carbocycles. The number of benzene rings is 3. The van der Waals surface area contributed by atoms with Gasteiger partial charge < -0.3 is 24.4 Å². The molecule has 2 aliphatic rings. The van der Waals surface area contributed by atoms with E-state index < -0.39 is 15.9 Å². The Balaban J connectivity index is 1.32. The van der Waals surface area contributed by atoms with Crippen LogP contribution < -0.4 is 4.90 Å². The Kier molecular flexibility index (Phi) is 8.62. The summed E-state index contributed by atoms with van der Waals surface area (Å²) < 4.78 is 26.1.